The van der Waals surface area contributed by atoms with Crippen molar-refractivity contribution in [3.8, 4) is 16.9 Å². The molecule has 0 aromatic heterocycles. The number of likely N-dealkylation sites (tertiary alicyclic amines) is 1. The second kappa shape index (κ2) is 11.8. The van der Waals surface area contributed by atoms with Gasteiger partial charge < -0.3 is 14.6 Å². The molecular formula is C30H31F3N2O8. The van der Waals surface area contributed by atoms with Crippen LogP contribution in [-0.2, 0) is 23.9 Å². The predicted octanol–water partition coefficient (Wildman–Crippen LogP) is 3.88. The number of carboxylic acid groups (broad SMARTS) is 1. The maximum absolute atomic E-state index is 13.5. The van der Waals surface area contributed by atoms with E-state index in [1.165, 1.54) is 18.9 Å². The molecule has 230 valence electrons. The Bertz CT molecular complexity index is 1460. The minimum Gasteiger partial charge on any atom is -0.496 e. The van der Waals surface area contributed by atoms with Gasteiger partial charge in [-0.05, 0) is 50.4 Å². The van der Waals surface area contributed by atoms with Crippen molar-refractivity contribution >= 4 is 29.5 Å². The van der Waals surface area contributed by atoms with Crippen LogP contribution in [0.2, 0.25) is 0 Å². The van der Waals surface area contributed by atoms with Gasteiger partial charge in [-0.1, -0.05) is 36.4 Å². The van der Waals surface area contributed by atoms with Crippen LogP contribution in [0.1, 0.15) is 48.7 Å². The SMILES string of the molecule is CCN1C(=O)C2C(c3ccc(-c4ccc(C(C)=O)cc4)c(OC)c3)N3CCC[C@@]3(C(=O)OC)C2C1=O.O=C(O)C(F)(F)F. The Morgan fingerprint density at radius 2 is 1.67 bits per heavy atom. The number of benzene rings is 2. The zero-order valence-electron chi connectivity index (χ0n) is 23.9. The Hall–Kier alpha value is -4.26. The number of fused-ring (bicyclic) bond motifs is 3. The lowest BCUT2D eigenvalue weighted by Crippen LogP contribution is -2.54. The standard InChI is InChI=1S/C28H30N2O6.C2HF3O2/c1-5-29-25(32)22-23(26(29)33)28(27(34)36-4)13-6-14-30(28)24(22)19-11-12-20(21(15-19)35-3)18-9-7-17(8-10-18)16(2)31;3-2(4,5)1(6)7/h7-12,15,22-24H,5-6,13-14H2,1-4H3;(H,6,7)/t22?,23?,24?,28-;/m0./s1. The van der Waals surface area contributed by atoms with Gasteiger partial charge in [-0.3, -0.25) is 29.0 Å². The van der Waals surface area contributed by atoms with Gasteiger partial charge in [0.2, 0.25) is 11.8 Å². The molecule has 10 nitrogen and oxygen atoms in total. The van der Waals surface area contributed by atoms with E-state index in [0.29, 0.717) is 24.3 Å². The number of ketones is 1. The van der Waals surface area contributed by atoms with Gasteiger partial charge in [0.05, 0.1) is 26.1 Å². The van der Waals surface area contributed by atoms with Gasteiger partial charge >= 0.3 is 18.1 Å². The van der Waals surface area contributed by atoms with Crippen LogP contribution >= 0.6 is 0 Å². The van der Waals surface area contributed by atoms with Gasteiger partial charge in [0, 0.05) is 23.7 Å². The summed E-state index contributed by atoms with van der Waals surface area (Å²) in [6, 6.07) is 12.6. The molecule has 43 heavy (non-hydrogen) atoms. The van der Waals surface area contributed by atoms with Crippen molar-refractivity contribution in [1.82, 2.24) is 9.80 Å². The molecule has 0 aliphatic carbocycles. The number of halogens is 3. The van der Waals surface area contributed by atoms with Crippen LogP contribution in [0.5, 0.6) is 5.75 Å². The monoisotopic (exact) mass is 604 g/mol. The number of esters is 1. The van der Waals surface area contributed by atoms with Crippen molar-refractivity contribution in [1.29, 1.82) is 0 Å². The summed E-state index contributed by atoms with van der Waals surface area (Å²) in [5, 5.41) is 7.12. The van der Waals surface area contributed by atoms with Gasteiger partial charge in [0.15, 0.2) is 5.78 Å². The molecule has 3 heterocycles. The first-order valence-electron chi connectivity index (χ1n) is 13.5. The maximum atomic E-state index is 13.5. The van der Waals surface area contributed by atoms with Crippen molar-refractivity contribution < 1.29 is 51.7 Å². The number of imide groups is 1. The van der Waals surface area contributed by atoms with Gasteiger partial charge in [-0.25, -0.2) is 4.79 Å². The minimum atomic E-state index is -5.08. The summed E-state index contributed by atoms with van der Waals surface area (Å²) in [7, 11) is 2.92. The average Bonchev–Trinajstić information content (AvgIpc) is 3.60. The van der Waals surface area contributed by atoms with Crippen molar-refractivity contribution in [2.24, 2.45) is 11.8 Å². The first-order chi connectivity index (χ1) is 20.2. The third-order valence-electron chi connectivity index (χ3n) is 8.37. The highest BCUT2D eigenvalue weighted by Crippen LogP contribution is 2.59. The van der Waals surface area contributed by atoms with Crippen LogP contribution in [-0.4, -0.2) is 83.5 Å². The average molecular weight is 605 g/mol. The molecule has 4 atom stereocenters. The molecule has 3 fully saturated rings. The van der Waals surface area contributed by atoms with Crippen LogP contribution < -0.4 is 4.74 Å². The summed E-state index contributed by atoms with van der Waals surface area (Å²) >= 11 is 0. The third-order valence-corrected chi connectivity index (χ3v) is 8.37. The number of Topliss-reactive ketones (excluding diaryl/α,β-unsaturated/α-hetero) is 1. The molecule has 2 aromatic carbocycles. The lowest BCUT2D eigenvalue weighted by atomic mass is 9.77. The molecule has 2 aromatic rings. The molecule has 0 spiro atoms. The van der Waals surface area contributed by atoms with Crippen molar-refractivity contribution in [3.63, 3.8) is 0 Å². The number of methoxy groups -OCH3 is 2. The molecule has 5 rings (SSSR count). The van der Waals surface area contributed by atoms with E-state index in [2.05, 4.69) is 0 Å². The van der Waals surface area contributed by atoms with E-state index >= 15 is 0 Å². The van der Waals surface area contributed by atoms with E-state index < -0.39 is 41.5 Å². The van der Waals surface area contributed by atoms with E-state index in [1.54, 1.807) is 26.2 Å². The fraction of sp³-hybridized carbons (Fsp3) is 0.433. The third kappa shape index (κ3) is 5.26. The number of carbonyl (C=O) groups is 5. The van der Waals surface area contributed by atoms with Crippen LogP contribution in [0.4, 0.5) is 13.2 Å². The van der Waals surface area contributed by atoms with Gasteiger partial charge in [-0.2, -0.15) is 13.2 Å². The van der Waals surface area contributed by atoms with Crippen LogP contribution in [0.3, 0.4) is 0 Å². The maximum Gasteiger partial charge on any atom is 0.490 e. The van der Waals surface area contributed by atoms with E-state index in [9.17, 15) is 32.3 Å². The Morgan fingerprint density at radius 3 is 2.19 bits per heavy atom. The van der Waals surface area contributed by atoms with E-state index in [0.717, 1.165) is 23.1 Å². The van der Waals surface area contributed by atoms with E-state index in [1.807, 2.05) is 35.2 Å². The van der Waals surface area contributed by atoms with Gasteiger partial charge in [0.1, 0.15) is 11.3 Å². The summed E-state index contributed by atoms with van der Waals surface area (Å²) in [5.41, 5.74) is 2.04. The number of amides is 2. The zero-order valence-corrected chi connectivity index (χ0v) is 23.9. The highest BCUT2D eigenvalue weighted by Gasteiger charge is 2.73. The molecule has 1 N–H and O–H groups in total. The molecular weight excluding hydrogens is 573 g/mol. The number of alkyl halides is 3. The minimum absolute atomic E-state index is 0.00347. The molecule has 2 amide bonds. The number of rotatable bonds is 6. The van der Waals surface area contributed by atoms with Gasteiger partial charge in [0.25, 0.3) is 0 Å². The first-order valence-corrected chi connectivity index (χ1v) is 13.5. The molecule has 13 heteroatoms. The molecule has 3 aliphatic heterocycles. The molecule has 3 unspecified atom stereocenters. The van der Waals surface area contributed by atoms with Crippen molar-refractivity contribution in [2.45, 2.75) is 44.4 Å². The quantitative estimate of drug-likeness (QED) is 0.297. The lowest BCUT2D eigenvalue weighted by molar-refractivity contribution is -0.192. The summed E-state index contributed by atoms with van der Waals surface area (Å²) in [4.78, 5) is 64.0. The van der Waals surface area contributed by atoms with Crippen LogP contribution in [0.25, 0.3) is 11.1 Å². The summed E-state index contributed by atoms with van der Waals surface area (Å²) in [5.74, 6) is -4.57. The molecule has 3 aliphatic rings. The zero-order chi connectivity index (χ0) is 31.9. The topological polar surface area (TPSA) is 131 Å². The highest BCUT2D eigenvalue weighted by atomic mass is 19.4. The molecule has 0 bridgehead atoms. The van der Waals surface area contributed by atoms with Gasteiger partial charge in [-0.15, -0.1) is 0 Å². The lowest BCUT2D eigenvalue weighted by Gasteiger charge is -2.36. The van der Waals surface area contributed by atoms with Crippen LogP contribution in [0.15, 0.2) is 42.5 Å². The highest BCUT2D eigenvalue weighted by molar-refractivity contribution is 6.09. The van der Waals surface area contributed by atoms with Crippen molar-refractivity contribution in [3.05, 3.63) is 53.6 Å². The number of ether oxygens (including phenoxy) is 2. The number of carboxylic acids is 1. The molecule has 3 saturated heterocycles. The Balaban J connectivity index is 0.000000541. The van der Waals surface area contributed by atoms with E-state index in [4.69, 9.17) is 19.4 Å². The first kappa shape index (κ1) is 31.7. The fourth-order valence-electron chi connectivity index (χ4n) is 6.59. The number of hydrogen-bond acceptors (Lipinski definition) is 8. The summed E-state index contributed by atoms with van der Waals surface area (Å²) in [6.07, 6.45) is -3.87. The summed E-state index contributed by atoms with van der Waals surface area (Å²) < 4.78 is 42.7. The van der Waals surface area contributed by atoms with E-state index in [-0.39, 0.29) is 24.1 Å². The molecule has 0 saturated carbocycles. The van der Waals surface area contributed by atoms with Crippen molar-refractivity contribution in [2.75, 3.05) is 27.3 Å². The fourth-order valence-corrected chi connectivity index (χ4v) is 6.59. The second-order valence-corrected chi connectivity index (χ2v) is 10.5. The summed E-state index contributed by atoms with van der Waals surface area (Å²) in [6.45, 7) is 4.17. The Labute approximate surface area is 245 Å². The Morgan fingerprint density at radius 1 is 1.05 bits per heavy atom. The number of carbonyl (C=O) groups excluding carboxylic acids is 4. The normalized spacial score (nSPS) is 24.6. The smallest absolute Gasteiger partial charge is 0.490 e. The predicted molar refractivity (Wildman–Crippen MR) is 145 cm³/mol. The number of hydrogen-bond donors (Lipinski definition) is 1. The molecule has 0 radical (unpaired) electrons. The van der Waals surface area contributed by atoms with Crippen LogP contribution in [0, 0.1) is 11.8 Å². The number of aliphatic carboxylic acids is 1. The second-order valence-electron chi connectivity index (χ2n) is 10.5. The Kier molecular flexibility index (Phi) is 8.68. The largest absolute Gasteiger partial charge is 0.496 e. The number of nitrogens with zero attached hydrogens (tertiary/aromatic N) is 2.